The van der Waals surface area contributed by atoms with Crippen molar-refractivity contribution in [3.63, 3.8) is 0 Å². The van der Waals surface area contributed by atoms with Crippen LogP contribution in [0.5, 0.6) is 0 Å². The summed E-state index contributed by atoms with van der Waals surface area (Å²) in [7, 11) is 0. The van der Waals surface area contributed by atoms with Crippen molar-refractivity contribution in [3.8, 4) is 16.3 Å². The number of amides is 1. The number of anilines is 1. The first-order valence-electron chi connectivity index (χ1n) is 7.70. The highest BCUT2D eigenvalue weighted by molar-refractivity contribution is 7.18. The maximum atomic E-state index is 12.4. The largest absolute Gasteiger partial charge is 0.296 e. The highest BCUT2D eigenvalue weighted by Crippen LogP contribution is 2.26. The van der Waals surface area contributed by atoms with E-state index in [0.29, 0.717) is 15.7 Å². The van der Waals surface area contributed by atoms with Crippen LogP contribution < -0.4 is 5.32 Å². The van der Waals surface area contributed by atoms with Crippen LogP contribution in [0.1, 0.15) is 10.4 Å². The van der Waals surface area contributed by atoms with Crippen LogP contribution in [0.2, 0.25) is 5.02 Å². The lowest BCUT2D eigenvalue weighted by atomic mass is 10.2. The third-order valence-corrected chi connectivity index (χ3v) is 4.74. The number of halogens is 1. The summed E-state index contributed by atoms with van der Waals surface area (Å²) in [6.45, 7) is 0. The van der Waals surface area contributed by atoms with Gasteiger partial charge in [0.2, 0.25) is 5.13 Å². The molecule has 6 nitrogen and oxygen atoms in total. The molecule has 0 saturated carbocycles. The fourth-order valence-corrected chi connectivity index (χ4v) is 3.19. The maximum absolute atomic E-state index is 12.4. The predicted molar refractivity (Wildman–Crippen MR) is 102 cm³/mol. The molecule has 0 unspecified atom stereocenters. The number of benzene rings is 2. The first kappa shape index (κ1) is 16.4. The van der Waals surface area contributed by atoms with Crippen molar-refractivity contribution < 1.29 is 4.79 Å². The number of nitrogens with one attached hydrogen (secondary N) is 1. The number of rotatable bonds is 4. The molecule has 26 heavy (non-hydrogen) atoms. The maximum Gasteiger partial charge on any atom is 0.260 e. The molecule has 2 aromatic carbocycles. The van der Waals surface area contributed by atoms with Crippen molar-refractivity contribution in [1.29, 1.82) is 0 Å². The molecular weight excluding hydrogens is 370 g/mol. The number of hydrogen-bond donors (Lipinski definition) is 1. The summed E-state index contributed by atoms with van der Waals surface area (Å²) in [5.41, 5.74) is 2.20. The lowest BCUT2D eigenvalue weighted by Crippen LogP contribution is -2.10. The van der Waals surface area contributed by atoms with Crippen LogP contribution in [0.25, 0.3) is 16.3 Å². The van der Waals surface area contributed by atoms with Gasteiger partial charge in [0.25, 0.3) is 5.91 Å². The van der Waals surface area contributed by atoms with E-state index < -0.39 is 0 Å². The van der Waals surface area contributed by atoms with Crippen LogP contribution in [0.4, 0.5) is 5.13 Å². The van der Waals surface area contributed by atoms with Gasteiger partial charge >= 0.3 is 0 Å². The Kier molecular flexibility index (Phi) is 4.47. The monoisotopic (exact) mass is 381 g/mol. The third-order valence-electron chi connectivity index (χ3n) is 3.60. The van der Waals surface area contributed by atoms with Gasteiger partial charge in [0, 0.05) is 16.8 Å². The second kappa shape index (κ2) is 7.07. The number of carbonyl (C=O) groups is 1. The van der Waals surface area contributed by atoms with Gasteiger partial charge in [-0.2, -0.15) is 5.10 Å². The van der Waals surface area contributed by atoms with E-state index in [4.69, 9.17) is 11.6 Å². The molecule has 0 bridgehead atoms. The highest BCUT2D eigenvalue weighted by Gasteiger charge is 2.13. The Labute approximate surface area is 158 Å². The molecule has 0 atom stereocenters. The van der Waals surface area contributed by atoms with E-state index in [9.17, 15) is 4.79 Å². The van der Waals surface area contributed by atoms with E-state index in [-0.39, 0.29) is 5.91 Å². The molecule has 0 aliphatic heterocycles. The second-order valence-corrected chi connectivity index (χ2v) is 6.80. The van der Waals surface area contributed by atoms with E-state index >= 15 is 0 Å². The lowest BCUT2D eigenvalue weighted by Gasteiger charge is -2.00. The van der Waals surface area contributed by atoms with Gasteiger partial charge in [-0.3, -0.25) is 10.1 Å². The lowest BCUT2D eigenvalue weighted by molar-refractivity contribution is 0.102. The molecule has 0 aliphatic carbocycles. The SMILES string of the molecule is O=C(Nc1nnc(-c2ccccc2)s1)c1cnn(-c2ccc(Cl)cc2)c1. The highest BCUT2D eigenvalue weighted by atomic mass is 35.5. The summed E-state index contributed by atoms with van der Waals surface area (Å²) in [6.07, 6.45) is 3.15. The van der Waals surface area contributed by atoms with Crippen molar-refractivity contribution in [2.24, 2.45) is 0 Å². The number of carbonyl (C=O) groups excluding carboxylic acids is 1. The van der Waals surface area contributed by atoms with Crippen molar-refractivity contribution in [2.45, 2.75) is 0 Å². The average molecular weight is 382 g/mol. The molecule has 8 heteroatoms. The van der Waals surface area contributed by atoms with Crippen molar-refractivity contribution in [2.75, 3.05) is 5.32 Å². The van der Waals surface area contributed by atoms with Gasteiger partial charge < -0.3 is 0 Å². The first-order chi connectivity index (χ1) is 12.7. The molecule has 4 aromatic rings. The summed E-state index contributed by atoms with van der Waals surface area (Å²) < 4.78 is 1.61. The number of aromatic nitrogens is 4. The summed E-state index contributed by atoms with van der Waals surface area (Å²) in [4.78, 5) is 12.4. The minimum absolute atomic E-state index is 0.291. The zero-order chi connectivity index (χ0) is 17.9. The Morgan fingerprint density at radius 1 is 1.04 bits per heavy atom. The minimum atomic E-state index is -0.291. The molecule has 4 rings (SSSR count). The quantitative estimate of drug-likeness (QED) is 0.572. The fraction of sp³-hybridized carbons (Fsp3) is 0. The molecule has 128 valence electrons. The normalized spacial score (nSPS) is 10.7. The summed E-state index contributed by atoms with van der Waals surface area (Å²) >= 11 is 7.20. The predicted octanol–water partition coefficient (Wildman–Crippen LogP) is 4.30. The van der Waals surface area contributed by atoms with Crippen molar-refractivity contribution >= 4 is 34.0 Å². The van der Waals surface area contributed by atoms with Gasteiger partial charge in [-0.1, -0.05) is 53.3 Å². The van der Waals surface area contributed by atoms with Crippen LogP contribution in [0, 0.1) is 0 Å². The molecule has 0 radical (unpaired) electrons. The Bertz CT molecular complexity index is 1040. The summed E-state index contributed by atoms with van der Waals surface area (Å²) in [6, 6.07) is 16.9. The zero-order valence-corrected chi connectivity index (χ0v) is 14.9. The van der Waals surface area contributed by atoms with Crippen LogP contribution in [-0.2, 0) is 0 Å². The molecule has 0 fully saturated rings. The molecule has 1 N–H and O–H groups in total. The van der Waals surface area contributed by atoms with Crippen molar-refractivity contribution in [3.05, 3.63) is 77.6 Å². The van der Waals surface area contributed by atoms with Gasteiger partial charge in [-0.25, -0.2) is 4.68 Å². The van der Waals surface area contributed by atoms with Gasteiger partial charge in [0.15, 0.2) is 0 Å². The van der Waals surface area contributed by atoms with E-state index in [1.807, 2.05) is 42.5 Å². The Hall–Kier alpha value is -3.03. The van der Waals surface area contributed by atoms with Crippen LogP contribution >= 0.6 is 22.9 Å². The smallest absolute Gasteiger partial charge is 0.260 e. The van der Waals surface area contributed by atoms with E-state index in [1.165, 1.54) is 17.5 Å². The third kappa shape index (κ3) is 3.49. The summed E-state index contributed by atoms with van der Waals surface area (Å²) in [5.74, 6) is -0.291. The zero-order valence-electron chi connectivity index (χ0n) is 13.3. The van der Waals surface area contributed by atoms with Crippen LogP contribution in [0.3, 0.4) is 0 Å². The van der Waals surface area contributed by atoms with E-state index in [1.54, 1.807) is 23.0 Å². The molecular formula is C18H12ClN5OS. The first-order valence-corrected chi connectivity index (χ1v) is 8.89. The molecule has 2 aromatic heterocycles. The van der Waals surface area contributed by atoms with Crippen LogP contribution in [-0.4, -0.2) is 25.9 Å². The van der Waals surface area contributed by atoms with Gasteiger partial charge in [-0.15, -0.1) is 10.2 Å². The number of hydrogen-bond acceptors (Lipinski definition) is 5. The molecule has 0 saturated heterocycles. The van der Waals surface area contributed by atoms with Gasteiger partial charge in [-0.05, 0) is 24.3 Å². The van der Waals surface area contributed by atoms with Gasteiger partial charge in [0.1, 0.15) is 5.01 Å². The summed E-state index contributed by atoms with van der Waals surface area (Å²) in [5, 5.41) is 16.9. The van der Waals surface area contributed by atoms with E-state index in [2.05, 4.69) is 20.6 Å². The van der Waals surface area contributed by atoms with Gasteiger partial charge in [0.05, 0.1) is 17.4 Å². The van der Waals surface area contributed by atoms with Crippen molar-refractivity contribution in [1.82, 2.24) is 20.0 Å². The molecule has 0 aliphatic rings. The Morgan fingerprint density at radius 2 is 1.81 bits per heavy atom. The number of nitrogens with zero attached hydrogens (tertiary/aromatic N) is 4. The Balaban J connectivity index is 1.49. The van der Waals surface area contributed by atoms with E-state index in [0.717, 1.165) is 16.3 Å². The fourth-order valence-electron chi connectivity index (χ4n) is 2.32. The topological polar surface area (TPSA) is 72.7 Å². The van der Waals surface area contributed by atoms with Crippen LogP contribution in [0.15, 0.2) is 67.0 Å². The standard InChI is InChI=1S/C18H12ClN5OS/c19-14-6-8-15(9-7-14)24-11-13(10-20-24)16(25)21-18-23-22-17(26-18)12-4-2-1-3-5-12/h1-11H,(H,21,23,25). The average Bonchev–Trinajstić information content (AvgIpc) is 3.33. The molecule has 2 heterocycles. The molecule has 0 spiro atoms. The second-order valence-electron chi connectivity index (χ2n) is 5.38. The molecule has 1 amide bonds. The Morgan fingerprint density at radius 3 is 2.58 bits per heavy atom. The minimum Gasteiger partial charge on any atom is -0.296 e.